The molecule has 1 aliphatic rings. The van der Waals surface area contributed by atoms with Crippen LogP contribution in [0.4, 0.5) is 10.5 Å². The predicted octanol–water partition coefficient (Wildman–Crippen LogP) is 2.57. The molecule has 0 radical (unpaired) electrons. The van der Waals surface area contributed by atoms with E-state index in [2.05, 4.69) is 26.6 Å². The molecule has 2 heterocycles. The molecule has 1 aromatic carbocycles. The number of piperazine rings is 1. The van der Waals surface area contributed by atoms with Crippen molar-refractivity contribution in [2.45, 2.75) is 26.4 Å². The van der Waals surface area contributed by atoms with E-state index in [1.165, 1.54) is 5.56 Å². The van der Waals surface area contributed by atoms with Crippen LogP contribution in [0.2, 0.25) is 0 Å². The zero-order valence-corrected chi connectivity index (χ0v) is 17.0. The van der Waals surface area contributed by atoms with Crippen molar-refractivity contribution in [2.24, 2.45) is 5.92 Å². The smallest absolute Gasteiger partial charge is 0.319 e. The second-order valence-corrected chi connectivity index (χ2v) is 7.65. The first-order chi connectivity index (χ1) is 14.0. The summed E-state index contributed by atoms with van der Waals surface area (Å²) in [5.74, 6) is -0.0262. The van der Waals surface area contributed by atoms with E-state index in [0.29, 0.717) is 18.8 Å². The summed E-state index contributed by atoms with van der Waals surface area (Å²) in [7, 11) is 0. The van der Waals surface area contributed by atoms with Crippen molar-refractivity contribution in [1.29, 1.82) is 0 Å². The van der Waals surface area contributed by atoms with E-state index in [1.807, 2.05) is 61.3 Å². The Kier molecular flexibility index (Phi) is 7.19. The van der Waals surface area contributed by atoms with Crippen molar-refractivity contribution in [3.63, 3.8) is 0 Å². The van der Waals surface area contributed by atoms with Crippen LogP contribution in [-0.4, -0.2) is 58.9 Å². The van der Waals surface area contributed by atoms with E-state index in [1.54, 1.807) is 6.20 Å². The number of amides is 3. The van der Waals surface area contributed by atoms with Gasteiger partial charge in [0.2, 0.25) is 5.91 Å². The van der Waals surface area contributed by atoms with Gasteiger partial charge in [0.25, 0.3) is 0 Å². The molecule has 1 saturated heterocycles. The Hall–Kier alpha value is -2.93. The number of benzene rings is 1. The van der Waals surface area contributed by atoms with Gasteiger partial charge in [0.05, 0.1) is 0 Å². The number of nitrogens with zero attached hydrogens (tertiary/aromatic N) is 3. The minimum Gasteiger partial charge on any atom is -0.338 e. The van der Waals surface area contributed by atoms with Crippen LogP contribution in [0, 0.1) is 5.92 Å². The number of para-hydroxylation sites is 1. The Bertz CT molecular complexity index is 789. The fourth-order valence-corrected chi connectivity index (χ4v) is 3.42. The van der Waals surface area contributed by atoms with Gasteiger partial charge in [-0.3, -0.25) is 14.7 Å². The highest BCUT2D eigenvalue weighted by Gasteiger charge is 2.30. The Balaban J connectivity index is 1.52. The van der Waals surface area contributed by atoms with Gasteiger partial charge in [-0.25, -0.2) is 4.79 Å². The van der Waals surface area contributed by atoms with E-state index in [0.717, 1.165) is 19.6 Å². The average molecular weight is 396 g/mol. The van der Waals surface area contributed by atoms with Crippen molar-refractivity contribution in [3.8, 4) is 0 Å². The maximum absolute atomic E-state index is 13.0. The van der Waals surface area contributed by atoms with Gasteiger partial charge in [0.1, 0.15) is 6.04 Å². The zero-order valence-electron chi connectivity index (χ0n) is 17.0. The first-order valence-corrected chi connectivity index (χ1v) is 10.1. The highest BCUT2D eigenvalue weighted by molar-refractivity contribution is 5.93. The lowest BCUT2D eigenvalue weighted by Gasteiger charge is -2.37. The molecule has 1 aliphatic heterocycles. The number of carbonyl (C=O) groups is 2. The normalized spacial score (nSPS) is 15.8. The Morgan fingerprint density at radius 2 is 1.76 bits per heavy atom. The van der Waals surface area contributed by atoms with Crippen molar-refractivity contribution in [1.82, 2.24) is 20.1 Å². The van der Waals surface area contributed by atoms with E-state index < -0.39 is 6.04 Å². The molecule has 7 nitrogen and oxygen atoms in total. The lowest BCUT2D eigenvalue weighted by Crippen LogP contribution is -2.56. The Morgan fingerprint density at radius 1 is 1.03 bits per heavy atom. The van der Waals surface area contributed by atoms with Gasteiger partial charge in [0, 0.05) is 50.8 Å². The lowest BCUT2D eigenvalue weighted by molar-refractivity contribution is -0.136. The van der Waals surface area contributed by atoms with Crippen LogP contribution in [0.3, 0.4) is 0 Å². The largest absolute Gasteiger partial charge is 0.338 e. The number of anilines is 1. The van der Waals surface area contributed by atoms with Gasteiger partial charge >= 0.3 is 6.03 Å². The summed E-state index contributed by atoms with van der Waals surface area (Å²) in [4.78, 5) is 33.7. The minimum absolute atomic E-state index is 0.00236. The molecule has 3 rings (SSSR count). The molecule has 1 unspecified atom stereocenters. The zero-order chi connectivity index (χ0) is 20.6. The summed E-state index contributed by atoms with van der Waals surface area (Å²) in [5, 5.41) is 5.63. The van der Waals surface area contributed by atoms with Gasteiger partial charge in [-0.1, -0.05) is 38.1 Å². The first-order valence-electron chi connectivity index (χ1n) is 10.1. The van der Waals surface area contributed by atoms with Gasteiger partial charge in [-0.2, -0.15) is 0 Å². The second kappa shape index (κ2) is 10.0. The molecule has 0 spiro atoms. The molecular formula is C22H29N5O2. The molecule has 1 fully saturated rings. The molecule has 0 saturated carbocycles. The monoisotopic (exact) mass is 395 g/mol. The highest BCUT2D eigenvalue weighted by Crippen LogP contribution is 2.12. The Morgan fingerprint density at radius 3 is 2.38 bits per heavy atom. The molecule has 0 bridgehead atoms. The number of rotatable bonds is 6. The molecule has 29 heavy (non-hydrogen) atoms. The molecule has 2 N–H and O–H groups in total. The summed E-state index contributed by atoms with van der Waals surface area (Å²) >= 11 is 0. The lowest BCUT2D eigenvalue weighted by atomic mass is 10.0. The maximum atomic E-state index is 13.0. The highest BCUT2D eigenvalue weighted by atomic mass is 16.2. The molecule has 3 amide bonds. The topological polar surface area (TPSA) is 77.6 Å². The molecule has 2 aromatic rings. The van der Waals surface area contributed by atoms with E-state index in [9.17, 15) is 9.59 Å². The third kappa shape index (κ3) is 6.02. The first kappa shape index (κ1) is 20.8. The molecule has 1 aromatic heterocycles. The summed E-state index contributed by atoms with van der Waals surface area (Å²) < 4.78 is 0. The quantitative estimate of drug-likeness (QED) is 0.788. The fourth-order valence-electron chi connectivity index (χ4n) is 3.42. The number of aromatic nitrogens is 1. The molecule has 0 aliphatic carbocycles. The summed E-state index contributed by atoms with van der Waals surface area (Å²) in [6, 6.07) is 12.3. The third-order valence-electron chi connectivity index (χ3n) is 5.06. The van der Waals surface area contributed by atoms with Gasteiger partial charge in [-0.15, -0.1) is 0 Å². The van der Waals surface area contributed by atoms with E-state index >= 15 is 0 Å². The van der Waals surface area contributed by atoms with Crippen LogP contribution in [-0.2, 0) is 11.3 Å². The SMILES string of the molecule is CC(C)C(NC(=O)Nc1ccccc1)C(=O)N1CCN(Cc2cccnc2)CC1. The second-order valence-electron chi connectivity index (χ2n) is 7.65. The van der Waals surface area contributed by atoms with E-state index in [4.69, 9.17) is 0 Å². The number of carbonyl (C=O) groups excluding carboxylic acids is 2. The van der Waals surface area contributed by atoms with Crippen LogP contribution in [0.25, 0.3) is 0 Å². The molecule has 7 heteroatoms. The summed E-state index contributed by atoms with van der Waals surface area (Å²) in [6.07, 6.45) is 3.65. The third-order valence-corrected chi connectivity index (χ3v) is 5.06. The number of nitrogens with one attached hydrogen (secondary N) is 2. The molecule has 154 valence electrons. The van der Waals surface area contributed by atoms with Crippen molar-refractivity contribution >= 4 is 17.6 Å². The van der Waals surface area contributed by atoms with Crippen molar-refractivity contribution < 1.29 is 9.59 Å². The van der Waals surface area contributed by atoms with Gasteiger partial charge < -0.3 is 15.5 Å². The van der Waals surface area contributed by atoms with Crippen LogP contribution >= 0.6 is 0 Å². The predicted molar refractivity (Wildman–Crippen MR) is 113 cm³/mol. The minimum atomic E-state index is -0.552. The number of hydrogen-bond donors (Lipinski definition) is 2. The van der Waals surface area contributed by atoms with Gasteiger partial charge in [-0.05, 0) is 29.7 Å². The number of urea groups is 1. The molecular weight excluding hydrogens is 366 g/mol. The van der Waals surface area contributed by atoms with Crippen LogP contribution in [0.5, 0.6) is 0 Å². The Labute approximate surface area is 172 Å². The standard InChI is InChI=1S/C22H29N5O2/c1-17(2)20(25-22(29)24-19-8-4-3-5-9-19)21(28)27-13-11-26(12-14-27)16-18-7-6-10-23-15-18/h3-10,15,17,20H,11-14,16H2,1-2H3,(H2,24,25,29). The molecule has 1 atom stereocenters. The van der Waals surface area contributed by atoms with Crippen molar-refractivity contribution in [3.05, 3.63) is 60.4 Å². The number of pyridine rings is 1. The van der Waals surface area contributed by atoms with Crippen LogP contribution < -0.4 is 10.6 Å². The average Bonchev–Trinajstić information content (AvgIpc) is 2.73. The van der Waals surface area contributed by atoms with Crippen molar-refractivity contribution in [2.75, 3.05) is 31.5 Å². The van der Waals surface area contributed by atoms with Gasteiger partial charge in [0.15, 0.2) is 0 Å². The van der Waals surface area contributed by atoms with E-state index in [-0.39, 0.29) is 17.9 Å². The van der Waals surface area contributed by atoms with Crippen LogP contribution in [0.15, 0.2) is 54.9 Å². The summed E-state index contributed by atoms with van der Waals surface area (Å²) in [6.45, 7) is 7.66. The maximum Gasteiger partial charge on any atom is 0.319 e. The summed E-state index contributed by atoms with van der Waals surface area (Å²) in [5.41, 5.74) is 1.87. The van der Waals surface area contributed by atoms with Crippen LogP contribution in [0.1, 0.15) is 19.4 Å². The number of hydrogen-bond acceptors (Lipinski definition) is 4. The fraction of sp³-hybridized carbons (Fsp3) is 0.409.